The van der Waals surface area contributed by atoms with E-state index in [1.165, 1.54) is 0 Å². The highest BCUT2D eigenvalue weighted by atomic mass is 16.5. The van der Waals surface area contributed by atoms with Crippen molar-refractivity contribution < 1.29 is 14.3 Å². The van der Waals surface area contributed by atoms with Crippen LogP contribution in [0.4, 0.5) is 0 Å². The van der Waals surface area contributed by atoms with Gasteiger partial charge in [-0.1, -0.05) is 12.1 Å². The molecular formula is C21H26N4O3. The van der Waals surface area contributed by atoms with Gasteiger partial charge in [0.1, 0.15) is 11.4 Å². The number of hydrogen-bond acceptors (Lipinski definition) is 4. The molecule has 0 unspecified atom stereocenters. The molecule has 2 heterocycles. The Kier molecular flexibility index (Phi) is 5.32. The average molecular weight is 382 g/mol. The van der Waals surface area contributed by atoms with E-state index in [1.54, 1.807) is 7.11 Å². The minimum atomic E-state index is -0.209. The molecule has 0 bridgehead atoms. The number of ether oxygens (including phenoxy) is 1. The minimum absolute atomic E-state index is 0.166. The van der Waals surface area contributed by atoms with Gasteiger partial charge in [0.15, 0.2) is 5.82 Å². The van der Waals surface area contributed by atoms with Crippen LogP contribution in [-0.4, -0.2) is 41.1 Å². The fourth-order valence-electron chi connectivity index (χ4n) is 3.61. The van der Waals surface area contributed by atoms with Gasteiger partial charge in [-0.25, -0.2) is 4.98 Å². The third-order valence-electron chi connectivity index (χ3n) is 5.28. The van der Waals surface area contributed by atoms with Gasteiger partial charge >= 0.3 is 0 Å². The fraction of sp³-hybridized carbons (Fsp3) is 0.476. The zero-order valence-electron chi connectivity index (χ0n) is 16.2. The molecular weight excluding hydrogens is 356 g/mol. The smallest absolute Gasteiger partial charge is 0.287 e. The number of benzene rings is 1. The van der Waals surface area contributed by atoms with Crippen LogP contribution in [-0.2, 0) is 19.4 Å². The molecule has 1 aromatic heterocycles. The second-order valence-corrected chi connectivity index (χ2v) is 7.44. The van der Waals surface area contributed by atoms with Crippen LogP contribution in [0.15, 0.2) is 24.3 Å². The topological polar surface area (TPSA) is 85.2 Å². The number of nitrogens with zero attached hydrogens (tertiary/aromatic N) is 2. The third-order valence-corrected chi connectivity index (χ3v) is 5.28. The van der Waals surface area contributed by atoms with Crippen molar-refractivity contribution in [2.45, 2.75) is 51.1 Å². The Morgan fingerprint density at radius 1 is 1.25 bits per heavy atom. The summed E-state index contributed by atoms with van der Waals surface area (Å²) in [6.07, 6.45) is 5.55. The molecule has 0 radical (unpaired) electrons. The summed E-state index contributed by atoms with van der Waals surface area (Å²) in [5.74, 6) is 0.804. The summed E-state index contributed by atoms with van der Waals surface area (Å²) in [4.78, 5) is 29.7. The van der Waals surface area contributed by atoms with Crippen LogP contribution >= 0.6 is 0 Å². The lowest BCUT2D eigenvalue weighted by molar-refractivity contribution is 0.0935. The van der Waals surface area contributed by atoms with Crippen molar-refractivity contribution in [3.05, 3.63) is 47.0 Å². The van der Waals surface area contributed by atoms with Crippen molar-refractivity contribution in [1.82, 2.24) is 20.2 Å². The van der Waals surface area contributed by atoms with Crippen LogP contribution < -0.4 is 15.4 Å². The van der Waals surface area contributed by atoms with Crippen molar-refractivity contribution in [1.29, 1.82) is 0 Å². The second-order valence-electron chi connectivity index (χ2n) is 7.44. The minimum Gasteiger partial charge on any atom is -0.497 e. The Balaban J connectivity index is 1.44. The molecule has 0 saturated heterocycles. The second kappa shape index (κ2) is 8.04. The van der Waals surface area contributed by atoms with Crippen LogP contribution in [0.1, 0.15) is 58.0 Å². The van der Waals surface area contributed by atoms with E-state index in [4.69, 9.17) is 4.74 Å². The summed E-state index contributed by atoms with van der Waals surface area (Å²) in [5.41, 5.74) is 2.37. The molecule has 2 aliphatic rings. The molecule has 28 heavy (non-hydrogen) atoms. The molecule has 7 heteroatoms. The quantitative estimate of drug-likeness (QED) is 0.768. The number of rotatable bonds is 7. The van der Waals surface area contributed by atoms with Crippen molar-refractivity contribution in [3.8, 4) is 5.75 Å². The van der Waals surface area contributed by atoms with Crippen molar-refractivity contribution in [3.63, 3.8) is 0 Å². The Labute approximate surface area is 164 Å². The molecule has 1 saturated carbocycles. The number of nitrogens with one attached hydrogen (secondary N) is 2. The molecule has 0 atom stereocenters. The van der Waals surface area contributed by atoms with Gasteiger partial charge in [-0.2, -0.15) is 0 Å². The maximum atomic E-state index is 12.8. The van der Waals surface area contributed by atoms with Gasteiger partial charge in [0.2, 0.25) is 0 Å². The molecule has 7 nitrogen and oxygen atoms in total. The lowest BCUT2D eigenvalue weighted by atomic mass is 10.1. The molecule has 2 N–H and O–H groups in total. The summed E-state index contributed by atoms with van der Waals surface area (Å²) >= 11 is 0. The molecule has 1 fully saturated rings. The normalized spacial score (nSPS) is 15.6. The number of methoxy groups -OCH3 is 1. The molecule has 2 amide bonds. The predicted octanol–water partition coefficient (Wildman–Crippen LogP) is 2.09. The number of amides is 2. The van der Waals surface area contributed by atoms with Crippen molar-refractivity contribution >= 4 is 11.8 Å². The number of imidazole rings is 1. The molecule has 1 aromatic carbocycles. The van der Waals surface area contributed by atoms with Crippen LogP contribution in [0, 0.1) is 0 Å². The lowest BCUT2D eigenvalue weighted by Crippen LogP contribution is -2.29. The van der Waals surface area contributed by atoms with Crippen LogP contribution in [0.2, 0.25) is 0 Å². The highest BCUT2D eigenvalue weighted by Gasteiger charge is 2.30. The zero-order valence-corrected chi connectivity index (χ0v) is 16.2. The molecule has 148 valence electrons. The number of aromatic nitrogens is 2. The third kappa shape index (κ3) is 4.03. The van der Waals surface area contributed by atoms with Gasteiger partial charge in [0, 0.05) is 19.1 Å². The van der Waals surface area contributed by atoms with Crippen LogP contribution in [0.5, 0.6) is 5.75 Å². The van der Waals surface area contributed by atoms with Gasteiger partial charge in [-0.3, -0.25) is 9.59 Å². The van der Waals surface area contributed by atoms with Gasteiger partial charge in [-0.05, 0) is 56.2 Å². The van der Waals surface area contributed by atoms with Gasteiger partial charge in [0.25, 0.3) is 11.8 Å². The van der Waals surface area contributed by atoms with Gasteiger partial charge < -0.3 is 19.9 Å². The first kappa shape index (κ1) is 18.5. The fourth-order valence-corrected chi connectivity index (χ4v) is 3.61. The van der Waals surface area contributed by atoms with E-state index < -0.39 is 0 Å². The van der Waals surface area contributed by atoms with E-state index in [1.807, 2.05) is 28.8 Å². The number of carbonyl (C=O) groups excluding carboxylic acids is 2. The first-order valence-corrected chi connectivity index (χ1v) is 9.97. The number of carbonyl (C=O) groups is 2. The van der Waals surface area contributed by atoms with Gasteiger partial charge in [0.05, 0.1) is 12.8 Å². The highest BCUT2D eigenvalue weighted by Crippen LogP contribution is 2.23. The van der Waals surface area contributed by atoms with Crippen molar-refractivity contribution in [2.75, 3.05) is 13.7 Å². The van der Waals surface area contributed by atoms with E-state index in [0.29, 0.717) is 24.5 Å². The maximum Gasteiger partial charge on any atom is 0.287 e. The SMILES string of the molecule is COc1cccc(CCNC(=O)c2nc(C(=O)NC3CC3)n3c2CCCC3)c1. The first-order valence-electron chi connectivity index (χ1n) is 9.97. The van der Waals surface area contributed by atoms with Crippen LogP contribution in [0.25, 0.3) is 0 Å². The highest BCUT2D eigenvalue weighted by molar-refractivity contribution is 5.97. The first-order chi connectivity index (χ1) is 13.7. The van der Waals surface area contributed by atoms with Crippen LogP contribution in [0.3, 0.4) is 0 Å². The Morgan fingerprint density at radius 2 is 2.11 bits per heavy atom. The lowest BCUT2D eigenvalue weighted by Gasteiger charge is -2.17. The molecule has 1 aliphatic heterocycles. The van der Waals surface area contributed by atoms with E-state index in [2.05, 4.69) is 15.6 Å². The largest absolute Gasteiger partial charge is 0.497 e. The number of fused-ring (bicyclic) bond motifs is 1. The summed E-state index contributed by atoms with van der Waals surface area (Å²) in [7, 11) is 1.64. The maximum absolute atomic E-state index is 12.8. The van der Waals surface area contributed by atoms with Crippen molar-refractivity contribution in [2.24, 2.45) is 0 Å². The molecule has 2 aromatic rings. The summed E-state index contributed by atoms with van der Waals surface area (Å²) in [6, 6.07) is 8.07. The van der Waals surface area contributed by atoms with E-state index in [9.17, 15) is 9.59 Å². The number of hydrogen-bond donors (Lipinski definition) is 2. The van der Waals surface area contributed by atoms with Gasteiger partial charge in [-0.15, -0.1) is 0 Å². The Morgan fingerprint density at radius 3 is 2.89 bits per heavy atom. The van der Waals surface area contributed by atoms with E-state index >= 15 is 0 Å². The summed E-state index contributed by atoms with van der Waals surface area (Å²) in [6.45, 7) is 1.24. The average Bonchev–Trinajstić information content (AvgIpc) is 3.44. The predicted molar refractivity (Wildman–Crippen MR) is 105 cm³/mol. The zero-order chi connectivity index (χ0) is 19.5. The molecule has 0 spiro atoms. The summed E-state index contributed by atoms with van der Waals surface area (Å²) < 4.78 is 7.16. The Hall–Kier alpha value is -2.83. The van der Waals surface area contributed by atoms with E-state index in [0.717, 1.165) is 55.7 Å². The standard InChI is InChI=1S/C21H26N4O3/c1-28-16-6-4-5-14(13-16)10-11-22-20(26)18-17-7-2-3-12-25(17)19(24-18)21(27)23-15-8-9-15/h4-6,13,15H,2-3,7-12H2,1H3,(H,22,26)(H,23,27). The molecule has 4 rings (SSSR count). The summed E-state index contributed by atoms with van der Waals surface area (Å²) in [5, 5.41) is 5.94. The van der Waals surface area contributed by atoms with E-state index in [-0.39, 0.29) is 17.9 Å². The molecule has 1 aliphatic carbocycles. The Bertz CT molecular complexity index is 886. The monoisotopic (exact) mass is 382 g/mol.